The molecule has 0 bridgehead atoms. The molecule has 1 N–H and O–H groups in total. The first kappa shape index (κ1) is 23.5. The number of benzene rings is 2. The predicted molar refractivity (Wildman–Crippen MR) is 128 cm³/mol. The molecule has 2 aliphatic heterocycles. The topological polar surface area (TPSA) is 88.2 Å². The van der Waals surface area contributed by atoms with Crippen LogP contribution in [-0.4, -0.2) is 65.1 Å². The molecule has 0 aromatic heterocycles. The lowest BCUT2D eigenvalue weighted by Crippen LogP contribution is -2.40. The number of morpholine rings is 1. The first-order chi connectivity index (χ1) is 16.0. The Balaban J connectivity index is 1.62. The summed E-state index contributed by atoms with van der Waals surface area (Å²) in [5.41, 5.74) is 1.86. The number of carbonyl (C=O) groups excluding carboxylic acids is 1. The summed E-state index contributed by atoms with van der Waals surface area (Å²) >= 11 is 0. The van der Waals surface area contributed by atoms with Crippen molar-refractivity contribution in [1.82, 2.24) is 4.31 Å². The molecule has 0 aliphatic carbocycles. The molecule has 0 atom stereocenters. The van der Waals surface area contributed by atoms with Crippen LogP contribution in [0.1, 0.15) is 36.0 Å². The number of carbonyl (C=O) groups is 1. The van der Waals surface area contributed by atoms with Crippen molar-refractivity contribution in [3.8, 4) is 5.75 Å². The maximum Gasteiger partial charge on any atom is 0.259 e. The molecule has 2 aliphatic rings. The normalized spacial score (nSPS) is 17.9. The van der Waals surface area contributed by atoms with Gasteiger partial charge in [-0.25, -0.2) is 8.42 Å². The SMILES string of the molecule is COc1ccc(S(=O)(=O)N2CCOCC2)cc1C(=O)Nc1ccccc1N1CCCCCC1. The summed E-state index contributed by atoms with van der Waals surface area (Å²) in [5, 5.41) is 2.99. The third-order valence-electron chi connectivity index (χ3n) is 6.12. The molecular weight excluding hydrogens is 442 g/mol. The number of amides is 1. The molecule has 0 radical (unpaired) electrons. The third kappa shape index (κ3) is 5.31. The van der Waals surface area contributed by atoms with Crippen molar-refractivity contribution in [3.63, 3.8) is 0 Å². The van der Waals surface area contributed by atoms with Crippen molar-refractivity contribution in [2.75, 3.05) is 56.7 Å². The Kier molecular flexibility index (Phi) is 7.52. The monoisotopic (exact) mass is 473 g/mol. The van der Waals surface area contributed by atoms with Crippen molar-refractivity contribution < 1.29 is 22.7 Å². The lowest BCUT2D eigenvalue weighted by Gasteiger charge is -2.26. The van der Waals surface area contributed by atoms with Gasteiger partial charge in [0.05, 0.1) is 42.2 Å². The number of nitrogens with one attached hydrogen (secondary N) is 1. The molecule has 0 spiro atoms. The van der Waals surface area contributed by atoms with Crippen LogP contribution in [0, 0.1) is 0 Å². The van der Waals surface area contributed by atoms with Crippen molar-refractivity contribution in [2.24, 2.45) is 0 Å². The molecule has 2 fully saturated rings. The Hall–Kier alpha value is -2.62. The Bertz CT molecular complexity index is 1080. The molecule has 0 unspecified atom stereocenters. The van der Waals surface area contributed by atoms with E-state index in [-0.39, 0.29) is 10.5 Å². The van der Waals surface area contributed by atoms with E-state index in [1.807, 2.05) is 24.3 Å². The molecule has 33 heavy (non-hydrogen) atoms. The molecule has 2 aromatic carbocycles. The Morgan fingerprint density at radius 2 is 1.67 bits per heavy atom. The Labute approximate surface area is 195 Å². The first-order valence-corrected chi connectivity index (χ1v) is 12.9. The van der Waals surface area contributed by atoms with Crippen LogP contribution in [0.2, 0.25) is 0 Å². The van der Waals surface area contributed by atoms with E-state index in [0.717, 1.165) is 31.6 Å². The number of rotatable bonds is 6. The van der Waals surface area contributed by atoms with E-state index < -0.39 is 15.9 Å². The second-order valence-electron chi connectivity index (χ2n) is 8.25. The highest BCUT2D eigenvalue weighted by atomic mass is 32.2. The number of para-hydroxylation sites is 2. The number of hydrogen-bond acceptors (Lipinski definition) is 6. The fourth-order valence-electron chi connectivity index (χ4n) is 4.32. The number of sulfonamides is 1. The van der Waals surface area contributed by atoms with Gasteiger partial charge in [0.2, 0.25) is 10.0 Å². The van der Waals surface area contributed by atoms with Crippen LogP contribution < -0.4 is 15.0 Å². The highest BCUT2D eigenvalue weighted by Gasteiger charge is 2.28. The fourth-order valence-corrected chi connectivity index (χ4v) is 5.75. The molecular formula is C24H31N3O5S. The average molecular weight is 474 g/mol. The van der Waals surface area contributed by atoms with Gasteiger partial charge >= 0.3 is 0 Å². The molecule has 8 nitrogen and oxygen atoms in total. The van der Waals surface area contributed by atoms with E-state index in [1.54, 1.807) is 0 Å². The maximum absolute atomic E-state index is 13.3. The van der Waals surface area contributed by atoms with E-state index in [4.69, 9.17) is 9.47 Å². The smallest absolute Gasteiger partial charge is 0.259 e. The summed E-state index contributed by atoms with van der Waals surface area (Å²) in [4.78, 5) is 15.7. The number of hydrogen-bond donors (Lipinski definition) is 1. The van der Waals surface area contributed by atoms with Crippen LogP contribution in [0.3, 0.4) is 0 Å². The van der Waals surface area contributed by atoms with Gasteiger partial charge in [0.25, 0.3) is 5.91 Å². The van der Waals surface area contributed by atoms with Gasteiger partial charge in [-0.05, 0) is 43.2 Å². The minimum Gasteiger partial charge on any atom is -0.496 e. The van der Waals surface area contributed by atoms with E-state index in [9.17, 15) is 13.2 Å². The van der Waals surface area contributed by atoms with E-state index >= 15 is 0 Å². The summed E-state index contributed by atoms with van der Waals surface area (Å²) in [6.45, 7) is 3.19. The summed E-state index contributed by atoms with van der Waals surface area (Å²) in [6, 6.07) is 12.1. The fraction of sp³-hybridized carbons (Fsp3) is 0.458. The highest BCUT2D eigenvalue weighted by Crippen LogP contribution is 2.30. The van der Waals surface area contributed by atoms with Crippen molar-refractivity contribution in [2.45, 2.75) is 30.6 Å². The number of methoxy groups -OCH3 is 1. The van der Waals surface area contributed by atoms with Crippen LogP contribution in [-0.2, 0) is 14.8 Å². The van der Waals surface area contributed by atoms with Gasteiger partial charge < -0.3 is 19.7 Å². The first-order valence-electron chi connectivity index (χ1n) is 11.4. The second-order valence-corrected chi connectivity index (χ2v) is 10.2. The number of nitrogens with zero attached hydrogens (tertiary/aromatic N) is 2. The van der Waals surface area contributed by atoms with Crippen LogP contribution in [0.25, 0.3) is 0 Å². The Morgan fingerprint density at radius 3 is 2.36 bits per heavy atom. The zero-order valence-electron chi connectivity index (χ0n) is 19.0. The largest absolute Gasteiger partial charge is 0.496 e. The van der Waals surface area contributed by atoms with Crippen LogP contribution in [0.5, 0.6) is 5.75 Å². The maximum atomic E-state index is 13.3. The molecule has 9 heteroatoms. The van der Waals surface area contributed by atoms with Gasteiger partial charge in [-0.1, -0.05) is 25.0 Å². The molecule has 0 saturated carbocycles. The summed E-state index contributed by atoms with van der Waals surface area (Å²) in [5.74, 6) is -0.0890. The van der Waals surface area contributed by atoms with Crippen LogP contribution in [0.15, 0.2) is 47.4 Å². The van der Waals surface area contributed by atoms with Crippen molar-refractivity contribution >= 4 is 27.3 Å². The second kappa shape index (κ2) is 10.5. The van der Waals surface area contributed by atoms with Gasteiger partial charge in [0.1, 0.15) is 5.75 Å². The number of ether oxygens (including phenoxy) is 2. The summed E-state index contributed by atoms with van der Waals surface area (Å²) in [7, 11) is -2.27. The van der Waals surface area contributed by atoms with E-state index in [1.165, 1.54) is 42.5 Å². The summed E-state index contributed by atoms with van der Waals surface area (Å²) in [6.07, 6.45) is 4.67. The van der Waals surface area contributed by atoms with Gasteiger partial charge in [0, 0.05) is 26.2 Å². The van der Waals surface area contributed by atoms with Crippen molar-refractivity contribution in [3.05, 3.63) is 48.0 Å². The van der Waals surface area contributed by atoms with Gasteiger partial charge in [0.15, 0.2) is 0 Å². The standard InChI is InChI=1S/C24H31N3O5S/c1-31-23-11-10-19(33(29,30)27-14-16-32-17-15-27)18-20(23)24(28)25-21-8-4-5-9-22(21)26-12-6-2-3-7-13-26/h4-5,8-11,18H,2-3,6-7,12-17H2,1H3,(H,25,28). The van der Waals surface area contributed by atoms with Gasteiger partial charge in [-0.3, -0.25) is 4.79 Å². The molecule has 1 amide bonds. The quantitative estimate of drug-likeness (QED) is 0.692. The zero-order chi connectivity index (χ0) is 23.3. The lowest BCUT2D eigenvalue weighted by molar-refractivity contribution is 0.0730. The third-order valence-corrected chi connectivity index (χ3v) is 8.02. The molecule has 2 saturated heterocycles. The average Bonchev–Trinajstić information content (AvgIpc) is 3.14. The van der Waals surface area contributed by atoms with Gasteiger partial charge in [-0.15, -0.1) is 0 Å². The molecule has 2 aromatic rings. The molecule has 2 heterocycles. The summed E-state index contributed by atoms with van der Waals surface area (Å²) < 4.78 is 38.2. The highest BCUT2D eigenvalue weighted by molar-refractivity contribution is 7.89. The van der Waals surface area contributed by atoms with Crippen molar-refractivity contribution in [1.29, 1.82) is 0 Å². The van der Waals surface area contributed by atoms with E-state index in [0.29, 0.717) is 37.7 Å². The number of anilines is 2. The van der Waals surface area contributed by atoms with Crippen LogP contribution in [0.4, 0.5) is 11.4 Å². The predicted octanol–water partition coefficient (Wildman–Crippen LogP) is 3.35. The molecule has 4 rings (SSSR count). The minimum absolute atomic E-state index is 0.0659. The van der Waals surface area contributed by atoms with Gasteiger partial charge in [-0.2, -0.15) is 4.31 Å². The zero-order valence-corrected chi connectivity index (χ0v) is 19.8. The lowest BCUT2D eigenvalue weighted by atomic mass is 10.1. The Morgan fingerprint density at radius 1 is 0.970 bits per heavy atom. The molecule has 178 valence electrons. The van der Waals surface area contributed by atoms with Crippen LogP contribution >= 0.6 is 0 Å². The van der Waals surface area contributed by atoms with E-state index in [2.05, 4.69) is 10.2 Å². The minimum atomic E-state index is -3.74.